The second-order valence-corrected chi connectivity index (χ2v) is 7.08. The van der Waals surface area contributed by atoms with Crippen LogP contribution in [0.2, 0.25) is 0 Å². The van der Waals surface area contributed by atoms with Crippen molar-refractivity contribution < 1.29 is 4.79 Å². The van der Waals surface area contributed by atoms with E-state index in [9.17, 15) is 4.79 Å². The van der Waals surface area contributed by atoms with Gasteiger partial charge in [0.25, 0.3) is 0 Å². The largest absolute Gasteiger partial charge is 0.350 e. The van der Waals surface area contributed by atoms with Crippen LogP contribution in [-0.2, 0) is 4.79 Å². The van der Waals surface area contributed by atoms with Crippen molar-refractivity contribution in [2.45, 2.75) is 52.6 Å². The Morgan fingerprint density at radius 2 is 1.81 bits per heavy atom. The summed E-state index contributed by atoms with van der Waals surface area (Å²) in [5, 5.41) is 3.14. The maximum atomic E-state index is 12.3. The summed E-state index contributed by atoms with van der Waals surface area (Å²) in [5.74, 6) is 0.688. The normalized spacial score (nSPS) is 21.0. The topological polar surface area (TPSA) is 61.6 Å². The highest BCUT2D eigenvalue weighted by atomic mass is 16.2. The van der Waals surface area contributed by atoms with Gasteiger partial charge in [0.2, 0.25) is 5.91 Å². The second kappa shape index (κ2) is 8.11. The highest BCUT2D eigenvalue weighted by Crippen LogP contribution is 2.11. The Bertz CT molecular complexity index is 324. The molecule has 2 unspecified atom stereocenters. The maximum Gasteiger partial charge on any atom is 0.237 e. The van der Waals surface area contributed by atoms with E-state index in [1.54, 1.807) is 0 Å². The highest BCUT2D eigenvalue weighted by Gasteiger charge is 2.28. The number of rotatable bonds is 7. The van der Waals surface area contributed by atoms with Gasteiger partial charge in [0, 0.05) is 38.3 Å². The molecule has 0 aliphatic carbocycles. The third kappa shape index (κ3) is 5.93. The molecule has 0 aromatic heterocycles. The molecule has 1 aliphatic heterocycles. The van der Waals surface area contributed by atoms with E-state index in [0.717, 1.165) is 45.7 Å². The van der Waals surface area contributed by atoms with Crippen LogP contribution in [0.1, 0.15) is 41.0 Å². The van der Waals surface area contributed by atoms with Gasteiger partial charge in [-0.15, -0.1) is 0 Å². The Morgan fingerprint density at radius 1 is 1.24 bits per heavy atom. The molecule has 1 aliphatic rings. The number of carbonyl (C=O) groups excluding carboxylic acids is 1. The number of hydrogen-bond donors (Lipinski definition) is 2. The van der Waals surface area contributed by atoms with Gasteiger partial charge in [-0.1, -0.05) is 13.8 Å². The fourth-order valence-electron chi connectivity index (χ4n) is 2.54. The molecule has 0 aromatic rings. The van der Waals surface area contributed by atoms with E-state index in [1.807, 2.05) is 6.92 Å². The Kier molecular flexibility index (Phi) is 7.10. The molecule has 1 amide bonds. The molecule has 0 aromatic carbocycles. The van der Waals surface area contributed by atoms with Crippen molar-refractivity contribution in [3.05, 3.63) is 0 Å². The van der Waals surface area contributed by atoms with Crippen LogP contribution in [0.5, 0.6) is 0 Å². The predicted octanol–water partition coefficient (Wildman–Crippen LogP) is 0.892. The number of hydrogen-bond acceptors (Lipinski definition) is 4. The summed E-state index contributed by atoms with van der Waals surface area (Å²) in [7, 11) is 0. The van der Waals surface area contributed by atoms with Gasteiger partial charge < -0.3 is 16.0 Å². The molecule has 1 saturated heterocycles. The van der Waals surface area contributed by atoms with Crippen LogP contribution in [0, 0.1) is 5.92 Å². The standard InChI is InChI=1S/C16H34N4O/c1-6-16(4,5)18-15(21)14(3)20-9-7-19(8-10-20)12-13(2)11-17/h13-14H,6-12,17H2,1-5H3,(H,18,21). The zero-order chi connectivity index (χ0) is 16.0. The number of amides is 1. The molecular formula is C16H34N4O. The van der Waals surface area contributed by atoms with E-state index in [0.29, 0.717) is 5.92 Å². The van der Waals surface area contributed by atoms with Gasteiger partial charge in [-0.3, -0.25) is 9.69 Å². The van der Waals surface area contributed by atoms with E-state index in [1.165, 1.54) is 0 Å². The van der Waals surface area contributed by atoms with Gasteiger partial charge in [0.05, 0.1) is 6.04 Å². The first-order valence-electron chi connectivity index (χ1n) is 8.27. The van der Waals surface area contributed by atoms with Gasteiger partial charge in [0.1, 0.15) is 0 Å². The predicted molar refractivity (Wildman–Crippen MR) is 88.2 cm³/mol. The Balaban J connectivity index is 2.41. The molecule has 0 spiro atoms. The Hall–Kier alpha value is -0.650. The third-order valence-electron chi connectivity index (χ3n) is 4.65. The monoisotopic (exact) mass is 298 g/mol. The minimum absolute atomic E-state index is 0.0510. The summed E-state index contributed by atoms with van der Waals surface area (Å²) in [6, 6.07) is -0.0510. The molecule has 1 heterocycles. The average Bonchev–Trinajstić information content (AvgIpc) is 2.46. The summed E-state index contributed by atoms with van der Waals surface area (Å²) < 4.78 is 0. The SMILES string of the molecule is CCC(C)(C)NC(=O)C(C)N1CCN(CC(C)CN)CC1. The minimum Gasteiger partial charge on any atom is -0.350 e. The summed E-state index contributed by atoms with van der Waals surface area (Å²) in [4.78, 5) is 17.1. The van der Waals surface area contributed by atoms with Crippen LogP contribution in [-0.4, -0.2) is 66.6 Å². The molecule has 0 bridgehead atoms. The van der Waals surface area contributed by atoms with E-state index in [2.05, 4.69) is 42.8 Å². The maximum absolute atomic E-state index is 12.3. The number of carbonyl (C=O) groups is 1. The number of nitrogens with zero attached hydrogens (tertiary/aromatic N) is 2. The van der Waals surface area contributed by atoms with Crippen molar-refractivity contribution >= 4 is 5.91 Å². The summed E-state index contributed by atoms with van der Waals surface area (Å²) in [5.41, 5.74) is 5.57. The molecular weight excluding hydrogens is 264 g/mol. The van der Waals surface area contributed by atoms with Gasteiger partial charge >= 0.3 is 0 Å². The number of nitrogens with two attached hydrogens (primary N) is 1. The molecule has 1 rings (SSSR count). The molecule has 21 heavy (non-hydrogen) atoms. The van der Waals surface area contributed by atoms with Crippen LogP contribution >= 0.6 is 0 Å². The number of nitrogens with one attached hydrogen (secondary N) is 1. The molecule has 124 valence electrons. The lowest BCUT2D eigenvalue weighted by Crippen LogP contribution is -2.57. The first-order valence-corrected chi connectivity index (χ1v) is 8.27. The molecule has 5 nitrogen and oxygen atoms in total. The summed E-state index contributed by atoms with van der Waals surface area (Å²) in [6.07, 6.45) is 0.941. The molecule has 2 atom stereocenters. The summed E-state index contributed by atoms with van der Waals surface area (Å²) in [6.45, 7) is 16.2. The highest BCUT2D eigenvalue weighted by molar-refractivity contribution is 5.82. The lowest BCUT2D eigenvalue weighted by Gasteiger charge is -2.39. The van der Waals surface area contributed by atoms with Gasteiger partial charge in [-0.2, -0.15) is 0 Å². The van der Waals surface area contributed by atoms with Gasteiger partial charge in [-0.25, -0.2) is 0 Å². The first-order chi connectivity index (χ1) is 9.79. The quantitative estimate of drug-likeness (QED) is 0.733. The van der Waals surface area contributed by atoms with Gasteiger partial charge in [0.15, 0.2) is 0 Å². The van der Waals surface area contributed by atoms with Crippen molar-refractivity contribution in [1.29, 1.82) is 0 Å². The zero-order valence-electron chi connectivity index (χ0n) is 14.5. The lowest BCUT2D eigenvalue weighted by atomic mass is 10.0. The van der Waals surface area contributed by atoms with Crippen molar-refractivity contribution in [3.63, 3.8) is 0 Å². The van der Waals surface area contributed by atoms with Crippen LogP contribution in [0.3, 0.4) is 0 Å². The van der Waals surface area contributed by atoms with E-state index < -0.39 is 0 Å². The Morgan fingerprint density at radius 3 is 2.29 bits per heavy atom. The van der Waals surface area contributed by atoms with E-state index >= 15 is 0 Å². The van der Waals surface area contributed by atoms with Crippen LogP contribution in [0.25, 0.3) is 0 Å². The van der Waals surface area contributed by atoms with Crippen molar-refractivity contribution in [2.24, 2.45) is 11.7 Å². The third-order valence-corrected chi connectivity index (χ3v) is 4.65. The minimum atomic E-state index is -0.121. The Labute approximate surface area is 130 Å². The molecule has 3 N–H and O–H groups in total. The summed E-state index contributed by atoms with van der Waals surface area (Å²) >= 11 is 0. The number of piperazine rings is 1. The van der Waals surface area contributed by atoms with Crippen LogP contribution < -0.4 is 11.1 Å². The fourth-order valence-corrected chi connectivity index (χ4v) is 2.54. The van der Waals surface area contributed by atoms with Crippen molar-refractivity contribution in [1.82, 2.24) is 15.1 Å². The van der Waals surface area contributed by atoms with Crippen molar-refractivity contribution in [3.8, 4) is 0 Å². The molecule has 1 fully saturated rings. The average molecular weight is 298 g/mol. The van der Waals surface area contributed by atoms with Gasteiger partial charge in [-0.05, 0) is 39.7 Å². The zero-order valence-corrected chi connectivity index (χ0v) is 14.5. The second-order valence-electron chi connectivity index (χ2n) is 7.08. The van der Waals surface area contributed by atoms with Crippen LogP contribution in [0.4, 0.5) is 0 Å². The smallest absolute Gasteiger partial charge is 0.237 e. The molecule has 5 heteroatoms. The molecule has 0 radical (unpaired) electrons. The van der Waals surface area contributed by atoms with Crippen molar-refractivity contribution in [2.75, 3.05) is 39.3 Å². The fraction of sp³-hybridized carbons (Fsp3) is 0.938. The first kappa shape index (κ1) is 18.4. The van der Waals surface area contributed by atoms with Crippen LogP contribution in [0.15, 0.2) is 0 Å². The lowest BCUT2D eigenvalue weighted by molar-refractivity contribution is -0.128. The van der Waals surface area contributed by atoms with E-state index in [-0.39, 0.29) is 17.5 Å². The van der Waals surface area contributed by atoms with E-state index in [4.69, 9.17) is 5.73 Å². The molecule has 0 saturated carbocycles.